The minimum absolute atomic E-state index is 0.128. The van der Waals surface area contributed by atoms with Crippen molar-refractivity contribution in [3.8, 4) is 5.75 Å². The Morgan fingerprint density at radius 3 is 2.84 bits per heavy atom. The smallest absolute Gasteiger partial charge is 0.263 e. The first-order chi connectivity index (χ1) is 8.90. The first-order valence-electron chi connectivity index (χ1n) is 5.85. The molecular weight excluding hydrogens is 284 g/mol. The molecule has 4 nitrogen and oxygen atoms in total. The number of halogens is 1. The average molecular weight is 301 g/mol. The van der Waals surface area contributed by atoms with Crippen molar-refractivity contribution in [1.82, 2.24) is 4.90 Å². The molecule has 0 aliphatic rings. The molecule has 1 rings (SSSR count). The topological polar surface area (TPSA) is 55.6 Å². The number of carbonyl (C=O) groups excluding carboxylic acids is 1. The van der Waals surface area contributed by atoms with Crippen LogP contribution in [0.5, 0.6) is 5.75 Å². The second-order valence-corrected chi connectivity index (χ2v) is 5.15. The van der Waals surface area contributed by atoms with E-state index in [-0.39, 0.29) is 5.91 Å². The third kappa shape index (κ3) is 5.44. The van der Waals surface area contributed by atoms with Gasteiger partial charge in [0.05, 0.1) is 4.99 Å². The van der Waals surface area contributed by atoms with Crippen LogP contribution < -0.4 is 10.5 Å². The molecule has 0 heterocycles. The van der Waals surface area contributed by atoms with Gasteiger partial charge in [-0.1, -0.05) is 29.9 Å². The molecule has 0 aromatic heterocycles. The van der Waals surface area contributed by atoms with Crippen LogP contribution in [0.3, 0.4) is 0 Å². The maximum absolute atomic E-state index is 12.0. The molecule has 19 heavy (non-hydrogen) atoms. The molecule has 0 fully saturated rings. The molecule has 6 heteroatoms. The number of ether oxygens (including phenoxy) is 1. The highest BCUT2D eigenvalue weighted by molar-refractivity contribution is 7.80. The molecule has 1 atom stereocenters. The van der Waals surface area contributed by atoms with Gasteiger partial charge in [0.2, 0.25) is 0 Å². The van der Waals surface area contributed by atoms with Crippen LogP contribution in [0.4, 0.5) is 0 Å². The Morgan fingerprint density at radius 2 is 2.26 bits per heavy atom. The van der Waals surface area contributed by atoms with Gasteiger partial charge in [0, 0.05) is 25.0 Å². The van der Waals surface area contributed by atoms with Crippen LogP contribution >= 0.6 is 23.8 Å². The molecule has 0 radical (unpaired) electrons. The minimum Gasteiger partial charge on any atom is -0.481 e. The lowest BCUT2D eigenvalue weighted by atomic mass is 10.3. The highest BCUT2D eigenvalue weighted by Crippen LogP contribution is 2.18. The molecule has 1 amide bonds. The van der Waals surface area contributed by atoms with Crippen molar-refractivity contribution < 1.29 is 9.53 Å². The molecule has 0 bridgehead atoms. The second-order valence-electron chi connectivity index (χ2n) is 4.19. The maximum Gasteiger partial charge on any atom is 0.263 e. The normalized spacial score (nSPS) is 11.7. The molecule has 0 aliphatic carbocycles. The maximum atomic E-state index is 12.0. The molecule has 1 aromatic carbocycles. The van der Waals surface area contributed by atoms with Gasteiger partial charge in [-0.2, -0.15) is 0 Å². The Kier molecular flexibility index (Phi) is 6.05. The Morgan fingerprint density at radius 1 is 1.58 bits per heavy atom. The Balaban J connectivity index is 2.54. The fourth-order valence-electron chi connectivity index (χ4n) is 1.49. The Hall–Kier alpha value is -1.33. The lowest BCUT2D eigenvalue weighted by Gasteiger charge is -2.22. The van der Waals surface area contributed by atoms with E-state index < -0.39 is 6.10 Å². The summed E-state index contributed by atoms with van der Waals surface area (Å²) in [5.41, 5.74) is 5.40. The number of carbonyl (C=O) groups is 1. The van der Waals surface area contributed by atoms with E-state index in [4.69, 9.17) is 34.3 Å². The van der Waals surface area contributed by atoms with Crippen molar-refractivity contribution in [1.29, 1.82) is 0 Å². The molecule has 0 saturated carbocycles. The number of rotatable bonds is 6. The molecular formula is C13H17ClN2O2S. The van der Waals surface area contributed by atoms with Crippen LogP contribution in [-0.4, -0.2) is 35.5 Å². The summed E-state index contributed by atoms with van der Waals surface area (Å²) < 4.78 is 5.55. The van der Waals surface area contributed by atoms with Crippen molar-refractivity contribution in [3.05, 3.63) is 29.3 Å². The lowest BCUT2D eigenvalue weighted by molar-refractivity contribution is -0.136. The summed E-state index contributed by atoms with van der Waals surface area (Å²) in [5.74, 6) is 0.437. The van der Waals surface area contributed by atoms with Crippen molar-refractivity contribution >= 4 is 34.7 Å². The van der Waals surface area contributed by atoms with Crippen LogP contribution in [0.1, 0.15) is 13.3 Å². The standard InChI is InChI=1S/C13H17ClN2O2S/c1-9(13(17)16(2)7-6-12(15)19)18-11-5-3-4-10(14)8-11/h3-5,8-9H,6-7H2,1-2H3,(H2,15,19). The number of nitrogens with two attached hydrogens (primary N) is 1. The van der Waals surface area contributed by atoms with Crippen LogP contribution in [0, 0.1) is 0 Å². The van der Waals surface area contributed by atoms with E-state index in [0.29, 0.717) is 28.7 Å². The predicted molar refractivity (Wildman–Crippen MR) is 80.6 cm³/mol. The number of thiocarbonyl (C=S) groups is 1. The number of hydrogen-bond donors (Lipinski definition) is 1. The summed E-state index contributed by atoms with van der Waals surface area (Å²) in [6.07, 6.45) is -0.0867. The van der Waals surface area contributed by atoms with E-state index in [9.17, 15) is 4.79 Å². The number of benzene rings is 1. The fraction of sp³-hybridized carbons (Fsp3) is 0.385. The van der Waals surface area contributed by atoms with Gasteiger partial charge >= 0.3 is 0 Å². The number of likely N-dealkylation sites (N-methyl/N-ethyl adjacent to an activating group) is 1. The first-order valence-corrected chi connectivity index (χ1v) is 6.64. The molecule has 0 spiro atoms. The zero-order valence-corrected chi connectivity index (χ0v) is 12.5. The SMILES string of the molecule is CC(Oc1cccc(Cl)c1)C(=O)N(C)CCC(N)=S. The number of amides is 1. The Bertz CT molecular complexity index is 468. The highest BCUT2D eigenvalue weighted by atomic mass is 35.5. The molecule has 1 aromatic rings. The fourth-order valence-corrected chi connectivity index (χ4v) is 1.76. The van der Waals surface area contributed by atoms with Gasteiger partial charge in [0.25, 0.3) is 5.91 Å². The first kappa shape index (κ1) is 15.7. The van der Waals surface area contributed by atoms with Crippen LogP contribution in [0.25, 0.3) is 0 Å². The molecule has 0 saturated heterocycles. The summed E-state index contributed by atoms with van der Waals surface area (Å²) in [5, 5.41) is 0.569. The highest BCUT2D eigenvalue weighted by Gasteiger charge is 2.19. The van der Waals surface area contributed by atoms with E-state index >= 15 is 0 Å². The largest absolute Gasteiger partial charge is 0.481 e. The second kappa shape index (κ2) is 7.31. The molecule has 1 unspecified atom stereocenters. The quantitative estimate of drug-likeness (QED) is 0.819. The molecule has 104 valence electrons. The van der Waals surface area contributed by atoms with E-state index in [0.717, 1.165) is 0 Å². The van der Waals surface area contributed by atoms with Crippen molar-refractivity contribution in [2.24, 2.45) is 5.73 Å². The van der Waals surface area contributed by atoms with Crippen molar-refractivity contribution in [3.63, 3.8) is 0 Å². The summed E-state index contributed by atoms with van der Waals surface area (Å²) in [6.45, 7) is 2.18. The minimum atomic E-state index is -0.588. The van der Waals surface area contributed by atoms with Gasteiger partial charge in [0.15, 0.2) is 6.10 Å². The van der Waals surface area contributed by atoms with Crippen LogP contribution in [0.2, 0.25) is 5.02 Å². The average Bonchev–Trinajstić information content (AvgIpc) is 2.34. The summed E-state index contributed by atoms with van der Waals surface area (Å²) in [4.78, 5) is 14.0. The van der Waals surface area contributed by atoms with Gasteiger partial charge in [0.1, 0.15) is 5.75 Å². The zero-order valence-electron chi connectivity index (χ0n) is 10.9. The van der Waals surface area contributed by atoms with Gasteiger partial charge in [-0.3, -0.25) is 4.79 Å². The predicted octanol–water partition coefficient (Wildman–Crippen LogP) is 2.24. The third-order valence-corrected chi connectivity index (χ3v) is 2.97. The Labute approximate surface area is 123 Å². The van der Waals surface area contributed by atoms with E-state index in [1.165, 1.54) is 0 Å². The zero-order chi connectivity index (χ0) is 14.4. The third-order valence-electron chi connectivity index (χ3n) is 2.53. The monoisotopic (exact) mass is 300 g/mol. The van der Waals surface area contributed by atoms with E-state index in [1.54, 1.807) is 43.1 Å². The summed E-state index contributed by atoms with van der Waals surface area (Å²) >= 11 is 10.6. The van der Waals surface area contributed by atoms with Gasteiger partial charge in [-0.05, 0) is 25.1 Å². The van der Waals surface area contributed by atoms with Gasteiger partial charge in [-0.25, -0.2) is 0 Å². The van der Waals surface area contributed by atoms with Gasteiger partial charge < -0.3 is 15.4 Å². The van der Waals surface area contributed by atoms with Crippen LogP contribution in [0.15, 0.2) is 24.3 Å². The van der Waals surface area contributed by atoms with E-state index in [2.05, 4.69) is 0 Å². The van der Waals surface area contributed by atoms with Crippen molar-refractivity contribution in [2.45, 2.75) is 19.4 Å². The molecule has 2 N–H and O–H groups in total. The number of hydrogen-bond acceptors (Lipinski definition) is 3. The van der Waals surface area contributed by atoms with E-state index in [1.807, 2.05) is 0 Å². The lowest BCUT2D eigenvalue weighted by Crippen LogP contribution is -2.39. The van der Waals surface area contributed by atoms with Crippen LogP contribution in [-0.2, 0) is 4.79 Å². The summed E-state index contributed by atoms with van der Waals surface area (Å²) in [7, 11) is 1.69. The van der Waals surface area contributed by atoms with Gasteiger partial charge in [-0.15, -0.1) is 0 Å². The summed E-state index contributed by atoms with van der Waals surface area (Å²) in [6, 6.07) is 6.94. The molecule has 0 aliphatic heterocycles. The van der Waals surface area contributed by atoms with Crippen molar-refractivity contribution in [2.75, 3.05) is 13.6 Å². The number of nitrogens with zero attached hydrogens (tertiary/aromatic N) is 1.